The number of hydrogen-bond donors (Lipinski definition) is 2. The molecule has 80 valence electrons. The quantitative estimate of drug-likeness (QED) is 0.770. The summed E-state index contributed by atoms with van der Waals surface area (Å²) >= 11 is 3.96. The Morgan fingerprint density at radius 1 is 1.36 bits per heavy atom. The molecule has 1 saturated heterocycles. The molecule has 3 nitrogen and oxygen atoms in total. The first-order valence-electron chi connectivity index (χ1n) is 5.08. The molecular formula is C9H16N2OS2. The maximum Gasteiger partial charge on any atom is 0.315 e. The molecule has 1 heterocycles. The van der Waals surface area contributed by atoms with Gasteiger partial charge in [0.2, 0.25) is 0 Å². The van der Waals surface area contributed by atoms with Crippen LogP contribution >= 0.6 is 23.5 Å². The molecule has 0 aromatic carbocycles. The van der Waals surface area contributed by atoms with E-state index < -0.39 is 0 Å². The van der Waals surface area contributed by atoms with Crippen molar-refractivity contribution in [1.82, 2.24) is 10.6 Å². The van der Waals surface area contributed by atoms with Crippen molar-refractivity contribution in [3.8, 4) is 0 Å². The summed E-state index contributed by atoms with van der Waals surface area (Å²) in [5, 5.41) is 6.48. The SMILES string of the molecule is O=C(NCC1CSCCS1)NC1CC1. The maximum atomic E-state index is 11.3. The average molecular weight is 232 g/mol. The molecule has 2 rings (SSSR count). The van der Waals surface area contributed by atoms with Crippen LogP contribution in [0.2, 0.25) is 0 Å². The van der Waals surface area contributed by atoms with Gasteiger partial charge < -0.3 is 10.6 Å². The monoisotopic (exact) mass is 232 g/mol. The van der Waals surface area contributed by atoms with Gasteiger partial charge in [-0.25, -0.2) is 4.79 Å². The lowest BCUT2D eigenvalue weighted by molar-refractivity contribution is 0.240. The molecule has 1 saturated carbocycles. The van der Waals surface area contributed by atoms with E-state index in [1.165, 1.54) is 17.3 Å². The molecule has 5 heteroatoms. The van der Waals surface area contributed by atoms with Crippen LogP contribution in [0.4, 0.5) is 4.79 Å². The highest BCUT2D eigenvalue weighted by molar-refractivity contribution is 8.06. The summed E-state index contributed by atoms with van der Waals surface area (Å²) in [6.45, 7) is 0.816. The van der Waals surface area contributed by atoms with E-state index in [4.69, 9.17) is 0 Å². The van der Waals surface area contributed by atoms with E-state index in [1.54, 1.807) is 0 Å². The Morgan fingerprint density at radius 3 is 2.86 bits per heavy atom. The van der Waals surface area contributed by atoms with Gasteiger partial charge in [0.05, 0.1) is 0 Å². The van der Waals surface area contributed by atoms with Gasteiger partial charge in [0.15, 0.2) is 0 Å². The molecule has 1 aliphatic carbocycles. The first-order chi connectivity index (χ1) is 6.84. The number of carbonyl (C=O) groups is 1. The van der Waals surface area contributed by atoms with Crippen LogP contribution in [-0.4, -0.2) is 41.1 Å². The lowest BCUT2D eigenvalue weighted by atomic mass is 10.4. The molecule has 2 amide bonds. The molecular weight excluding hydrogens is 216 g/mol. The molecule has 0 aromatic rings. The van der Waals surface area contributed by atoms with Crippen molar-refractivity contribution in [3.63, 3.8) is 0 Å². The summed E-state index contributed by atoms with van der Waals surface area (Å²) < 4.78 is 0. The van der Waals surface area contributed by atoms with Crippen molar-refractivity contribution in [2.45, 2.75) is 24.1 Å². The zero-order valence-corrected chi connectivity index (χ0v) is 9.76. The van der Waals surface area contributed by atoms with E-state index in [2.05, 4.69) is 10.6 Å². The third-order valence-corrected chi connectivity index (χ3v) is 5.13. The summed E-state index contributed by atoms with van der Waals surface area (Å²) in [4.78, 5) is 11.3. The predicted molar refractivity (Wildman–Crippen MR) is 63.1 cm³/mol. The molecule has 14 heavy (non-hydrogen) atoms. The van der Waals surface area contributed by atoms with E-state index in [0.29, 0.717) is 11.3 Å². The topological polar surface area (TPSA) is 41.1 Å². The first-order valence-corrected chi connectivity index (χ1v) is 7.28. The van der Waals surface area contributed by atoms with Gasteiger partial charge in [-0.3, -0.25) is 0 Å². The van der Waals surface area contributed by atoms with Gasteiger partial charge >= 0.3 is 6.03 Å². The minimum Gasteiger partial charge on any atom is -0.337 e. The van der Waals surface area contributed by atoms with Crippen LogP contribution in [0.25, 0.3) is 0 Å². The largest absolute Gasteiger partial charge is 0.337 e. The lowest BCUT2D eigenvalue weighted by Gasteiger charge is -2.21. The first kappa shape index (κ1) is 10.5. The Balaban J connectivity index is 1.57. The van der Waals surface area contributed by atoms with Crippen LogP contribution in [0.5, 0.6) is 0 Å². The third-order valence-electron chi connectivity index (χ3n) is 2.29. The molecule has 0 aromatic heterocycles. The Hall–Kier alpha value is -0.0300. The summed E-state index contributed by atoms with van der Waals surface area (Å²) in [7, 11) is 0. The molecule has 2 N–H and O–H groups in total. The number of rotatable bonds is 3. The van der Waals surface area contributed by atoms with E-state index in [9.17, 15) is 4.79 Å². The minimum atomic E-state index is 0.0173. The van der Waals surface area contributed by atoms with Crippen LogP contribution in [0.1, 0.15) is 12.8 Å². The van der Waals surface area contributed by atoms with Gasteiger partial charge in [-0.1, -0.05) is 0 Å². The van der Waals surface area contributed by atoms with Crippen LogP contribution in [0.15, 0.2) is 0 Å². The van der Waals surface area contributed by atoms with Crippen molar-refractivity contribution in [2.75, 3.05) is 23.8 Å². The number of urea groups is 1. The lowest BCUT2D eigenvalue weighted by Crippen LogP contribution is -2.41. The number of nitrogens with one attached hydrogen (secondary N) is 2. The van der Waals surface area contributed by atoms with E-state index in [-0.39, 0.29) is 6.03 Å². The number of carbonyl (C=O) groups excluding carboxylic acids is 1. The standard InChI is InChI=1S/C9H16N2OS2/c12-9(11-7-1-2-7)10-5-8-6-13-3-4-14-8/h7-8H,1-6H2,(H2,10,11,12). The van der Waals surface area contributed by atoms with Gasteiger partial charge in [0, 0.05) is 35.1 Å². The summed E-state index contributed by atoms with van der Waals surface area (Å²) in [6, 6.07) is 0.479. The fourth-order valence-electron chi connectivity index (χ4n) is 1.33. The third kappa shape index (κ3) is 3.61. The molecule has 0 radical (unpaired) electrons. The molecule has 2 fully saturated rings. The average Bonchev–Trinajstić information content (AvgIpc) is 3.00. The molecule has 1 atom stereocenters. The Labute approximate surface area is 93.2 Å². The van der Waals surface area contributed by atoms with Gasteiger partial charge in [0.1, 0.15) is 0 Å². The van der Waals surface area contributed by atoms with Gasteiger partial charge in [-0.15, -0.1) is 0 Å². The highest BCUT2D eigenvalue weighted by atomic mass is 32.2. The summed E-state index contributed by atoms with van der Waals surface area (Å²) in [5.74, 6) is 3.66. The molecule has 0 spiro atoms. The van der Waals surface area contributed by atoms with Gasteiger partial charge in [0.25, 0.3) is 0 Å². The number of thioether (sulfide) groups is 2. The van der Waals surface area contributed by atoms with E-state index in [0.717, 1.165) is 19.4 Å². The van der Waals surface area contributed by atoms with Crippen LogP contribution in [-0.2, 0) is 0 Å². The Bertz CT molecular complexity index is 203. The number of hydrogen-bond acceptors (Lipinski definition) is 3. The normalized spacial score (nSPS) is 27.0. The zero-order chi connectivity index (χ0) is 9.80. The van der Waals surface area contributed by atoms with Crippen molar-refractivity contribution in [2.24, 2.45) is 0 Å². The molecule has 1 unspecified atom stereocenters. The van der Waals surface area contributed by atoms with Crippen molar-refractivity contribution in [1.29, 1.82) is 0 Å². The minimum absolute atomic E-state index is 0.0173. The summed E-state index contributed by atoms with van der Waals surface area (Å²) in [5.41, 5.74) is 0. The van der Waals surface area contributed by atoms with Crippen LogP contribution in [0.3, 0.4) is 0 Å². The Kier molecular flexibility index (Phi) is 3.87. The maximum absolute atomic E-state index is 11.3. The zero-order valence-electron chi connectivity index (χ0n) is 8.12. The molecule has 2 aliphatic rings. The second kappa shape index (κ2) is 5.16. The molecule has 1 aliphatic heterocycles. The number of amides is 2. The van der Waals surface area contributed by atoms with Gasteiger partial charge in [-0.2, -0.15) is 23.5 Å². The predicted octanol–water partition coefficient (Wildman–Crippen LogP) is 1.30. The second-order valence-corrected chi connectivity index (χ2v) is 6.25. The van der Waals surface area contributed by atoms with Crippen molar-refractivity contribution >= 4 is 29.6 Å². The summed E-state index contributed by atoms with van der Waals surface area (Å²) in [6.07, 6.45) is 2.31. The molecule has 0 bridgehead atoms. The van der Waals surface area contributed by atoms with Crippen LogP contribution in [0, 0.1) is 0 Å². The van der Waals surface area contributed by atoms with Gasteiger partial charge in [-0.05, 0) is 12.8 Å². The van der Waals surface area contributed by atoms with Crippen molar-refractivity contribution in [3.05, 3.63) is 0 Å². The Morgan fingerprint density at radius 2 is 2.21 bits per heavy atom. The van der Waals surface area contributed by atoms with Crippen molar-refractivity contribution < 1.29 is 4.79 Å². The highest BCUT2D eigenvalue weighted by Gasteiger charge is 2.23. The smallest absolute Gasteiger partial charge is 0.315 e. The fourth-order valence-corrected chi connectivity index (χ4v) is 3.94. The van der Waals surface area contributed by atoms with Crippen LogP contribution < -0.4 is 10.6 Å². The second-order valence-electron chi connectivity index (χ2n) is 3.70. The van der Waals surface area contributed by atoms with E-state index >= 15 is 0 Å². The fraction of sp³-hybridized carbons (Fsp3) is 0.889. The van der Waals surface area contributed by atoms with E-state index in [1.807, 2.05) is 23.5 Å². The highest BCUT2D eigenvalue weighted by Crippen LogP contribution is 2.23.